The summed E-state index contributed by atoms with van der Waals surface area (Å²) in [5, 5.41) is 8.86. The van der Waals surface area contributed by atoms with Gasteiger partial charge >= 0.3 is 6.03 Å². The van der Waals surface area contributed by atoms with Crippen LogP contribution in [-0.4, -0.2) is 41.9 Å². The van der Waals surface area contributed by atoms with Gasteiger partial charge in [0.05, 0.1) is 0 Å². The Hall–Kier alpha value is -4.13. The number of para-hydroxylation sites is 1. The normalized spacial score (nSPS) is 13.7. The molecular formula is C27H28N4O3. The third-order valence-electron chi connectivity index (χ3n) is 5.93. The molecule has 1 heterocycles. The summed E-state index contributed by atoms with van der Waals surface area (Å²) in [6, 6.07) is 23.4. The second kappa shape index (κ2) is 10.7. The van der Waals surface area contributed by atoms with Gasteiger partial charge in [-0.2, -0.15) is 0 Å². The minimum Gasteiger partial charge on any atom is -0.349 e. The van der Waals surface area contributed by atoms with Crippen molar-refractivity contribution in [2.45, 2.75) is 25.8 Å². The van der Waals surface area contributed by atoms with Crippen molar-refractivity contribution in [3.05, 3.63) is 95.6 Å². The lowest BCUT2D eigenvalue weighted by molar-refractivity contribution is 0.0918. The first-order valence-corrected chi connectivity index (χ1v) is 11.4. The van der Waals surface area contributed by atoms with E-state index in [9.17, 15) is 14.4 Å². The summed E-state index contributed by atoms with van der Waals surface area (Å²) >= 11 is 0. The zero-order valence-corrected chi connectivity index (χ0v) is 19.1. The number of hydrogen-bond donors (Lipinski definition) is 3. The molecular weight excluding hydrogens is 428 g/mol. The summed E-state index contributed by atoms with van der Waals surface area (Å²) < 4.78 is 0. The topological polar surface area (TPSA) is 90.5 Å². The first-order valence-electron chi connectivity index (χ1n) is 11.4. The SMILES string of the molecule is Cc1ccc(C(=O)NC2CCN(C(=O)Nc3ccccc3)CC2)cc1NC(=O)c1ccccc1. The number of nitrogens with zero attached hydrogens (tertiary/aromatic N) is 1. The molecule has 0 bridgehead atoms. The van der Waals surface area contributed by atoms with Crippen molar-refractivity contribution in [1.82, 2.24) is 10.2 Å². The molecule has 1 saturated heterocycles. The zero-order chi connectivity index (χ0) is 23.9. The maximum absolute atomic E-state index is 12.9. The van der Waals surface area contributed by atoms with Gasteiger partial charge in [-0.05, 0) is 61.7 Å². The molecule has 7 nitrogen and oxygen atoms in total. The second-order valence-electron chi connectivity index (χ2n) is 8.38. The average molecular weight is 457 g/mol. The van der Waals surface area contributed by atoms with Crippen molar-refractivity contribution in [3.8, 4) is 0 Å². The van der Waals surface area contributed by atoms with Gasteiger partial charge in [-0.15, -0.1) is 0 Å². The van der Waals surface area contributed by atoms with Gasteiger partial charge in [0.15, 0.2) is 0 Å². The number of hydrogen-bond acceptors (Lipinski definition) is 3. The maximum Gasteiger partial charge on any atom is 0.321 e. The van der Waals surface area contributed by atoms with Crippen LogP contribution in [0.2, 0.25) is 0 Å². The predicted octanol–water partition coefficient (Wildman–Crippen LogP) is 4.67. The minimum absolute atomic E-state index is 0.0167. The third-order valence-corrected chi connectivity index (χ3v) is 5.93. The van der Waals surface area contributed by atoms with Gasteiger partial charge in [0.25, 0.3) is 11.8 Å². The van der Waals surface area contributed by atoms with E-state index in [1.807, 2.05) is 61.5 Å². The smallest absolute Gasteiger partial charge is 0.321 e. The molecule has 1 fully saturated rings. The van der Waals surface area contributed by atoms with Crippen molar-refractivity contribution in [3.63, 3.8) is 0 Å². The van der Waals surface area contributed by atoms with Gasteiger partial charge in [-0.25, -0.2) is 4.79 Å². The van der Waals surface area contributed by atoms with E-state index < -0.39 is 0 Å². The second-order valence-corrected chi connectivity index (χ2v) is 8.38. The lowest BCUT2D eigenvalue weighted by Crippen LogP contribution is -2.47. The first-order chi connectivity index (χ1) is 16.5. The molecule has 3 N–H and O–H groups in total. The summed E-state index contributed by atoms with van der Waals surface area (Å²) in [6.07, 6.45) is 1.36. The number of carbonyl (C=O) groups is 3. The van der Waals surface area contributed by atoms with Gasteiger partial charge in [-0.3, -0.25) is 9.59 Å². The highest BCUT2D eigenvalue weighted by Crippen LogP contribution is 2.19. The van der Waals surface area contributed by atoms with Crippen LogP contribution < -0.4 is 16.0 Å². The molecule has 1 aliphatic rings. The molecule has 4 rings (SSSR count). The van der Waals surface area contributed by atoms with Crippen LogP contribution >= 0.6 is 0 Å². The van der Waals surface area contributed by atoms with E-state index in [1.54, 1.807) is 29.2 Å². The molecule has 174 valence electrons. The standard InChI is InChI=1S/C27H28N4O3/c1-19-12-13-21(18-24(19)30-25(32)20-8-4-2-5-9-20)26(33)28-23-14-16-31(17-15-23)27(34)29-22-10-6-3-7-11-22/h2-13,18,23H,14-17H2,1H3,(H,28,33)(H,29,34)(H,30,32). The Kier molecular flexibility index (Phi) is 7.22. The number of anilines is 2. The van der Waals surface area contributed by atoms with Crippen LogP contribution in [0.25, 0.3) is 0 Å². The fourth-order valence-corrected chi connectivity index (χ4v) is 3.90. The molecule has 0 spiro atoms. The van der Waals surface area contributed by atoms with E-state index in [4.69, 9.17) is 0 Å². The van der Waals surface area contributed by atoms with E-state index in [0.717, 1.165) is 11.3 Å². The number of piperidine rings is 1. The van der Waals surface area contributed by atoms with Gasteiger partial charge in [0, 0.05) is 41.6 Å². The summed E-state index contributed by atoms with van der Waals surface area (Å²) in [7, 11) is 0. The molecule has 1 aliphatic heterocycles. The Bertz CT molecular complexity index is 1160. The predicted molar refractivity (Wildman–Crippen MR) is 133 cm³/mol. The molecule has 3 aromatic rings. The van der Waals surface area contributed by atoms with Gasteiger partial charge in [0.2, 0.25) is 0 Å². The summed E-state index contributed by atoms with van der Waals surface area (Å²) in [5.74, 6) is -0.412. The summed E-state index contributed by atoms with van der Waals surface area (Å²) in [4.78, 5) is 39.6. The molecule has 34 heavy (non-hydrogen) atoms. The van der Waals surface area contributed by atoms with Crippen LogP contribution in [0.15, 0.2) is 78.9 Å². The molecule has 0 unspecified atom stereocenters. The lowest BCUT2D eigenvalue weighted by atomic mass is 10.0. The average Bonchev–Trinajstić information content (AvgIpc) is 2.87. The Morgan fingerprint density at radius 1 is 0.765 bits per heavy atom. The quantitative estimate of drug-likeness (QED) is 0.521. The van der Waals surface area contributed by atoms with Crippen molar-refractivity contribution < 1.29 is 14.4 Å². The van der Waals surface area contributed by atoms with Crippen molar-refractivity contribution in [1.29, 1.82) is 0 Å². The highest BCUT2D eigenvalue weighted by atomic mass is 16.2. The Balaban J connectivity index is 1.31. The monoisotopic (exact) mass is 456 g/mol. The third kappa shape index (κ3) is 5.81. The van der Waals surface area contributed by atoms with Gasteiger partial charge in [-0.1, -0.05) is 42.5 Å². The number of benzene rings is 3. The molecule has 0 radical (unpaired) electrons. The Labute approximate surface area is 199 Å². The minimum atomic E-state index is -0.220. The van der Waals surface area contributed by atoms with Crippen LogP contribution in [0.5, 0.6) is 0 Å². The van der Waals surface area contributed by atoms with E-state index in [-0.39, 0.29) is 23.9 Å². The highest BCUT2D eigenvalue weighted by Gasteiger charge is 2.24. The summed E-state index contributed by atoms with van der Waals surface area (Å²) in [6.45, 7) is 3.02. The van der Waals surface area contributed by atoms with Crippen LogP contribution in [-0.2, 0) is 0 Å². The lowest BCUT2D eigenvalue weighted by Gasteiger charge is -2.32. The molecule has 0 saturated carbocycles. The number of aryl methyl sites for hydroxylation is 1. The van der Waals surface area contributed by atoms with Crippen LogP contribution in [0.4, 0.5) is 16.2 Å². The van der Waals surface area contributed by atoms with Crippen LogP contribution in [0, 0.1) is 6.92 Å². The molecule has 0 aliphatic carbocycles. The number of amides is 4. The summed E-state index contributed by atoms with van der Waals surface area (Å²) in [5.41, 5.74) is 3.28. The molecule has 4 amide bonds. The van der Waals surface area contributed by atoms with Crippen molar-refractivity contribution >= 4 is 29.2 Å². The van der Waals surface area contributed by atoms with Gasteiger partial charge in [0.1, 0.15) is 0 Å². The number of likely N-dealkylation sites (tertiary alicyclic amines) is 1. The van der Waals surface area contributed by atoms with E-state index in [1.165, 1.54) is 0 Å². The van der Waals surface area contributed by atoms with E-state index in [2.05, 4.69) is 16.0 Å². The Morgan fingerprint density at radius 3 is 2.09 bits per heavy atom. The molecule has 0 aromatic heterocycles. The number of carbonyl (C=O) groups excluding carboxylic acids is 3. The Morgan fingerprint density at radius 2 is 1.41 bits per heavy atom. The number of urea groups is 1. The zero-order valence-electron chi connectivity index (χ0n) is 19.1. The molecule has 7 heteroatoms. The van der Waals surface area contributed by atoms with E-state index >= 15 is 0 Å². The maximum atomic E-state index is 12.9. The van der Waals surface area contributed by atoms with Crippen molar-refractivity contribution in [2.75, 3.05) is 23.7 Å². The molecule has 3 aromatic carbocycles. The largest absolute Gasteiger partial charge is 0.349 e. The fourth-order valence-electron chi connectivity index (χ4n) is 3.90. The number of nitrogens with one attached hydrogen (secondary N) is 3. The fraction of sp³-hybridized carbons (Fsp3) is 0.222. The highest BCUT2D eigenvalue weighted by molar-refractivity contribution is 6.05. The first kappa shape index (κ1) is 23.0. The van der Waals surface area contributed by atoms with E-state index in [0.29, 0.717) is 42.7 Å². The molecule has 0 atom stereocenters. The van der Waals surface area contributed by atoms with Crippen LogP contribution in [0.1, 0.15) is 39.1 Å². The van der Waals surface area contributed by atoms with Crippen LogP contribution in [0.3, 0.4) is 0 Å². The van der Waals surface area contributed by atoms with Crippen molar-refractivity contribution in [2.24, 2.45) is 0 Å². The van der Waals surface area contributed by atoms with Gasteiger partial charge < -0.3 is 20.9 Å². The number of rotatable bonds is 5.